The van der Waals surface area contributed by atoms with Gasteiger partial charge in [-0.25, -0.2) is 4.98 Å². The number of nitrogens with zero attached hydrogens (tertiary/aromatic N) is 1. The van der Waals surface area contributed by atoms with Gasteiger partial charge in [-0.3, -0.25) is 0 Å². The molecule has 0 atom stereocenters. The van der Waals surface area contributed by atoms with Gasteiger partial charge in [0.05, 0.1) is 12.7 Å². The molecule has 3 heteroatoms. The highest BCUT2D eigenvalue weighted by molar-refractivity contribution is 4.93. The third-order valence-electron chi connectivity index (χ3n) is 1.39. The van der Waals surface area contributed by atoms with E-state index in [4.69, 9.17) is 10.2 Å². The van der Waals surface area contributed by atoms with Crippen LogP contribution in [0.1, 0.15) is 25.5 Å². The first-order chi connectivity index (χ1) is 5.22. The molecule has 0 saturated carbocycles. The fourth-order valence-electron chi connectivity index (χ4n) is 0.886. The van der Waals surface area contributed by atoms with Crippen molar-refractivity contribution in [1.82, 2.24) is 4.98 Å². The van der Waals surface area contributed by atoms with Crippen molar-refractivity contribution >= 4 is 0 Å². The number of aromatic nitrogens is 1. The van der Waals surface area contributed by atoms with Gasteiger partial charge in [-0.1, -0.05) is 13.8 Å². The monoisotopic (exact) mass is 154 g/mol. The molecule has 0 aliphatic carbocycles. The Morgan fingerprint density at radius 3 is 2.82 bits per heavy atom. The molecule has 0 amide bonds. The summed E-state index contributed by atoms with van der Waals surface area (Å²) in [6, 6.07) is 0. The summed E-state index contributed by atoms with van der Waals surface area (Å²) >= 11 is 0. The Balaban J connectivity index is 2.58. The minimum absolute atomic E-state index is 0.436. The largest absolute Gasteiger partial charge is 0.444 e. The number of nitrogens with two attached hydrogens (primary N) is 1. The Bertz CT molecular complexity index is 218. The fraction of sp³-hybridized carbons (Fsp3) is 0.625. The van der Waals surface area contributed by atoms with E-state index in [1.165, 1.54) is 0 Å². The van der Waals surface area contributed by atoms with Crippen LogP contribution in [0.3, 0.4) is 0 Å². The standard InChI is InChI=1S/C8H14N2O/c1-6(2)3-8-10-5-7(4-9)11-8/h5-6H,3-4,9H2,1-2H3. The molecule has 0 aliphatic heterocycles. The summed E-state index contributed by atoms with van der Waals surface area (Å²) in [4.78, 5) is 4.08. The summed E-state index contributed by atoms with van der Waals surface area (Å²) in [5.74, 6) is 2.14. The molecule has 3 nitrogen and oxygen atoms in total. The van der Waals surface area contributed by atoms with E-state index in [1.807, 2.05) is 0 Å². The van der Waals surface area contributed by atoms with Crippen molar-refractivity contribution in [2.75, 3.05) is 0 Å². The van der Waals surface area contributed by atoms with Gasteiger partial charge in [0.1, 0.15) is 5.76 Å². The molecule has 0 aromatic carbocycles. The molecule has 0 saturated heterocycles. The Hall–Kier alpha value is -0.830. The maximum absolute atomic E-state index is 5.36. The average molecular weight is 154 g/mol. The molecule has 11 heavy (non-hydrogen) atoms. The minimum atomic E-state index is 0.436. The van der Waals surface area contributed by atoms with Crippen molar-refractivity contribution in [2.24, 2.45) is 11.7 Å². The maximum atomic E-state index is 5.36. The molecule has 62 valence electrons. The zero-order valence-corrected chi connectivity index (χ0v) is 7.00. The van der Waals surface area contributed by atoms with Gasteiger partial charge in [0.15, 0.2) is 5.89 Å². The van der Waals surface area contributed by atoms with Crippen molar-refractivity contribution < 1.29 is 4.42 Å². The van der Waals surface area contributed by atoms with E-state index in [9.17, 15) is 0 Å². The van der Waals surface area contributed by atoms with Crippen LogP contribution in [0.2, 0.25) is 0 Å². The Kier molecular flexibility index (Phi) is 2.65. The van der Waals surface area contributed by atoms with Crippen LogP contribution < -0.4 is 5.73 Å². The van der Waals surface area contributed by atoms with E-state index < -0.39 is 0 Å². The highest BCUT2D eigenvalue weighted by Crippen LogP contribution is 2.07. The maximum Gasteiger partial charge on any atom is 0.194 e. The average Bonchev–Trinajstić information content (AvgIpc) is 2.34. The molecule has 1 aromatic heterocycles. The smallest absolute Gasteiger partial charge is 0.194 e. The fourth-order valence-corrected chi connectivity index (χ4v) is 0.886. The number of rotatable bonds is 3. The van der Waals surface area contributed by atoms with Gasteiger partial charge in [-0.2, -0.15) is 0 Å². The molecule has 0 aliphatic rings. The van der Waals surface area contributed by atoms with Gasteiger partial charge < -0.3 is 10.2 Å². The Morgan fingerprint density at radius 1 is 1.64 bits per heavy atom. The van der Waals surface area contributed by atoms with Crippen molar-refractivity contribution in [3.05, 3.63) is 17.8 Å². The SMILES string of the molecule is CC(C)Cc1ncc(CN)o1. The Morgan fingerprint density at radius 2 is 2.36 bits per heavy atom. The van der Waals surface area contributed by atoms with Crippen molar-refractivity contribution in [3.63, 3.8) is 0 Å². The number of hydrogen-bond donors (Lipinski definition) is 1. The quantitative estimate of drug-likeness (QED) is 0.714. The second kappa shape index (κ2) is 3.53. The van der Waals surface area contributed by atoms with Crippen LogP contribution in [0.15, 0.2) is 10.6 Å². The van der Waals surface area contributed by atoms with E-state index in [1.54, 1.807) is 6.20 Å². The highest BCUT2D eigenvalue weighted by Gasteiger charge is 2.03. The van der Waals surface area contributed by atoms with Crippen molar-refractivity contribution in [2.45, 2.75) is 26.8 Å². The molecule has 0 radical (unpaired) electrons. The number of hydrogen-bond acceptors (Lipinski definition) is 3. The predicted molar refractivity (Wildman–Crippen MR) is 42.9 cm³/mol. The van der Waals surface area contributed by atoms with Crippen LogP contribution in [0, 0.1) is 5.92 Å². The summed E-state index contributed by atoms with van der Waals surface area (Å²) < 4.78 is 5.31. The molecule has 0 unspecified atom stereocenters. The topological polar surface area (TPSA) is 52.0 Å². The van der Waals surface area contributed by atoms with Gasteiger partial charge >= 0.3 is 0 Å². The van der Waals surface area contributed by atoms with Gasteiger partial charge in [0.2, 0.25) is 0 Å². The zero-order chi connectivity index (χ0) is 8.27. The van der Waals surface area contributed by atoms with Crippen molar-refractivity contribution in [1.29, 1.82) is 0 Å². The van der Waals surface area contributed by atoms with Gasteiger partial charge in [-0.05, 0) is 5.92 Å². The molecule has 0 bridgehead atoms. The second-order valence-corrected chi connectivity index (χ2v) is 3.02. The summed E-state index contributed by atoms with van der Waals surface area (Å²) in [7, 11) is 0. The van der Waals surface area contributed by atoms with Crippen LogP contribution in [0.4, 0.5) is 0 Å². The van der Waals surface area contributed by atoms with E-state index >= 15 is 0 Å². The van der Waals surface area contributed by atoms with E-state index in [2.05, 4.69) is 18.8 Å². The molecule has 0 fully saturated rings. The molecule has 1 aromatic rings. The highest BCUT2D eigenvalue weighted by atomic mass is 16.4. The lowest BCUT2D eigenvalue weighted by Crippen LogP contribution is -1.94. The van der Waals surface area contributed by atoms with Crippen LogP contribution >= 0.6 is 0 Å². The van der Waals surface area contributed by atoms with Gasteiger partial charge in [-0.15, -0.1) is 0 Å². The van der Waals surface area contributed by atoms with E-state index in [0.29, 0.717) is 12.5 Å². The lowest BCUT2D eigenvalue weighted by atomic mass is 10.1. The van der Waals surface area contributed by atoms with E-state index in [0.717, 1.165) is 18.1 Å². The van der Waals surface area contributed by atoms with Crippen LogP contribution in [-0.2, 0) is 13.0 Å². The Labute approximate surface area is 66.6 Å². The first kappa shape index (κ1) is 8.27. The zero-order valence-electron chi connectivity index (χ0n) is 7.00. The lowest BCUT2D eigenvalue weighted by molar-refractivity contribution is 0.429. The second-order valence-electron chi connectivity index (χ2n) is 3.02. The predicted octanol–water partition coefficient (Wildman–Crippen LogP) is 1.33. The van der Waals surface area contributed by atoms with Crippen LogP contribution in [0.25, 0.3) is 0 Å². The summed E-state index contributed by atoms with van der Waals surface area (Å²) in [5, 5.41) is 0. The lowest BCUT2D eigenvalue weighted by Gasteiger charge is -1.97. The molecule has 2 N–H and O–H groups in total. The van der Waals surface area contributed by atoms with Crippen LogP contribution in [0.5, 0.6) is 0 Å². The normalized spacial score (nSPS) is 10.9. The van der Waals surface area contributed by atoms with Gasteiger partial charge in [0.25, 0.3) is 0 Å². The van der Waals surface area contributed by atoms with E-state index in [-0.39, 0.29) is 0 Å². The minimum Gasteiger partial charge on any atom is -0.444 e. The molecular formula is C8H14N2O. The first-order valence-corrected chi connectivity index (χ1v) is 3.86. The molecule has 1 heterocycles. The van der Waals surface area contributed by atoms with Crippen molar-refractivity contribution in [3.8, 4) is 0 Å². The third kappa shape index (κ3) is 2.35. The summed E-state index contributed by atoms with van der Waals surface area (Å²) in [6.07, 6.45) is 2.58. The summed E-state index contributed by atoms with van der Waals surface area (Å²) in [5.41, 5.74) is 5.36. The van der Waals surface area contributed by atoms with Gasteiger partial charge in [0, 0.05) is 6.42 Å². The molecular weight excluding hydrogens is 140 g/mol. The number of oxazole rings is 1. The molecule has 0 spiro atoms. The summed E-state index contributed by atoms with van der Waals surface area (Å²) in [6.45, 7) is 4.70. The van der Waals surface area contributed by atoms with Crippen LogP contribution in [-0.4, -0.2) is 4.98 Å². The first-order valence-electron chi connectivity index (χ1n) is 3.86. The third-order valence-corrected chi connectivity index (χ3v) is 1.39. The molecule has 1 rings (SSSR count).